The van der Waals surface area contributed by atoms with Crippen LogP contribution in [0.2, 0.25) is 0 Å². The summed E-state index contributed by atoms with van der Waals surface area (Å²) in [5.41, 5.74) is 0. The van der Waals surface area contributed by atoms with Crippen LogP contribution in [-0.2, 0) is 0 Å². The van der Waals surface area contributed by atoms with Gasteiger partial charge >= 0.3 is 6.03 Å². The lowest BCUT2D eigenvalue weighted by Gasteiger charge is -2.12. The molecule has 0 bridgehead atoms. The molecule has 0 fully saturated rings. The van der Waals surface area contributed by atoms with Crippen molar-refractivity contribution >= 4 is 6.03 Å². The van der Waals surface area contributed by atoms with Gasteiger partial charge in [-0.1, -0.05) is 18.0 Å². The number of aryl methyl sites for hydroxylation is 1. The minimum atomic E-state index is -0.290. The van der Waals surface area contributed by atoms with Crippen molar-refractivity contribution in [3.63, 3.8) is 0 Å². The lowest BCUT2D eigenvalue weighted by Crippen LogP contribution is -2.38. The van der Waals surface area contributed by atoms with Crippen LogP contribution < -0.4 is 10.6 Å². The summed E-state index contributed by atoms with van der Waals surface area (Å²) in [6.45, 7) is 5.68. The Bertz CT molecular complexity index is 430. The van der Waals surface area contributed by atoms with Crippen LogP contribution in [0.15, 0.2) is 4.52 Å². The molecule has 1 atom stereocenters. The second-order valence-corrected chi connectivity index (χ2v) is 3.39. The molecule has 0 aromatic carbocycles. The SMILES string of the molecule is CC#CCNC(=O)NC(CC)c1noc(C)n1. The highest BCUT2D eigenvalue weighted by Gasteiger charge is 2.17. The third kappa shape index (κ3) is 4.15. The molecule has 0 aliphatic carbocycles. The average Bonchev–Trinajstić information content (AvgIpc) is 2.73. The maximum Gasteiger partial charge on any atom is 0.316 e. The quantitative estimate of drug-likeness (QED) is 0.768. The molecule has 0 aliphatic heterocycles. The second kappa shape index (κ2) is 6.53. The van der Waals surface area contributed by atoms with E-state index in [1.54, 1.807) is 13.8 Å². The van der Waals surface area contributed by atoms with Gasteiger partial charge in [0.05, 0.1) is 12.6 Å². The summed E-state index contributed by atoms with van der Waals surface area (Å²) in [6, 6.07) is -0.538. The summed E-state index contributed by atoms with van der Waals surface area (Å²) in [4.78, 5) is 15.6. The van der Waals surface area contributed by atoms with E-state index in [0.717, 1.165) is 0 Å². The minimum Gasteiger partial charge on any atom is -0.340 e. The van der Waals surface area contributed by atoms with Crippen molar-refractivity contribution in [2.75, 3.05) is 6.54 Å². The first-order chi connectivity index (χ1) is 8.17. The molecule has 17 heavy (non-hydrogen) atoms. The van der Waals surface area contributed by atoms with Gasteiger partial charge in [0, 0.05) is 6.92 Å². The predicted molar refractivity (Wildman–Crippen MR) is 62.1 cm³/mol. The number of rotatable bonds is 4. The van der Waals surface area contributed by atoms with E-state index < -0.39 is 0 Å². The van der Waals surface area contributed by atoms with Gasteiger partial charge in [0.2, 0.25) is 5.89 Å². The summed E-state index contributed by atoms with van der Waals surface area (Å²) < 4.78 is 4.87. The first-order valence-electron chi connectivity index (χ1n) is 5.41. The highest BCUT2D eigenvalue weighted by Crippen LogP contribution is 2.12. The van der Waals surface area contributed by atoms with Gasteiger partial charge in [-0.15, -0.1) is 5.92 Å². The van der Waals surface area contributed by atoms with Gasteiger partial charge in [0.25, 0.3) is 0 Å². The van der Waals surface area contributed by atoms with Gasteiger partial charge in [-0.3, -0.25) is 0 Å². The molecule has 0 radical (unpaired) electrons. The number of nitrogens with zero attached hydrogens (tertiary/aromatic N) is 2. The Morgan fingerprint density at radius 2 is 2.35 bits per heavy atom. The molecule has 1 heterocycles. The number of carbonyl (C=O) groups is 1. The minimum absolute atomic E-state index is 0.248. The highest BCUT2D eigenvalue weighted by molar-refractivity contribution is 5.74. The van der Waals surface area contributed by atoms with Crippen molar-refractivity contribution in [1.29, 1.82) is 0 Å². The summed E-state index contributed by atoms with van der Waals surface area (Å²) >= 11 is 0. The van der Waals surface area contributed by atoms with Crippen LogP contribution in [0.5, 0.6) is 0 Å². The van der Waals surface area contributed by atoms with Crippen molar-refractivity contribution < 1.29 is 9.32 Å². The number of hydrogen-bond donors (Lipinski definition) is 2. The van der Waals surface area contributed by atoms with Crippen molar-refractivity contribution in [3.8, 4) is 11.8 Å². The molecule has 2 amide bonds. The van der Waals surface area contributed by atoms with Gasteiger partial charge in [-0.2, -0.15) is 4.98 Å². The molecule has 1 aromatic heterocycles. The first-order valence-corrected chi connectivity index (χ1v) is 5.41. The fourth-order valence-corrected chi connectivity index (χ4v) is 1.23. The average molecular weight is 236 g/mol. The second-order valence-electron chi connectivity index (χ2n) is 3.39. The van der Waals surface area contributed by atoms with E-state index in [2.05, 4.69) is 32.6 Å². The Kier molecular flexibility index (Phi) is 5.01. The molecule has 92 valence electrons. The number of carbonyl (C=O) groups excluding carboxylic acids is 1. The van der Waals surface area contributed by atoms with Crippen LogP contribution in [0.3, 0.4) is 0 Å². The van der Waals surface area contributed by atoms with Crippen molar-refractivity contribution in [1.82, 2.24) is 20.8 Å². The highest BCUT2D eigenvalue weighted by atomic mass is 16.5. The number of hydrogen-bond acceptors (Lipinski definition) is 4. The summed E-state index contributed by atoms with van der Waals surface area (Å²) in [7, 11) is 0. The number of amides is 2. The van der Waals surface area contributed by atoms with Gasteiger partial charge in [-0.25, -0.2) is 4.79 Å². The van der Waals surface area contributed by atoms with Crippen LogP contribution in [0.1, 0.15) is 38.0 Å². The van der Waals surface area contributed by atoms with E-state index in [1.165, 1.54) is 0 Å². The van der Waals surface area contributed by atoms with Crippen LogP contribution in [0.4, 0.5) is 4.79 Å². The Morgan fingerprint density at radius 1 is 1.59 bits per heavy atom. The topological polar surface area (TPSA) is 80.0 Å². The molecular weight excluding hydrogens is 220 g/mol. The summed E-state index contributed by atoms with van der Waals surface area (Å²) in [5, 5.41) is 9.15. The van der Waals surface area contributed by atoms with Gasteiger partial charge in [-0.05, 0) is 13.3 Å². The Labute approximate surface area is 100 Å². The van der Waals surface area contributed by atoms with E-state index in [1.807, 2.05) is 6.92 Å². The number of urea groups is 1. The standard InChI is InChI=1S/C11H16N4O2/c1-4-6-7-12-11(16)14-9(5-2)10-13-8(3)17-15-10/h9H,5,7H2,1-3H3,(H2,12,14,16). The molecule has 6 heteroatoms. The third-order valence-corrected chi connectivity index (χ3v) is 2.08. The van der Waals surface area contributed by atoms with Crippen LogP contribution in [0, 0.1) is 18.8 Å². The zero-order valence-electron chi connectivity index (χ0n) is 10.2. The first kappa shape index (κ1) is 13.0. The number of nitrogens with one attached hydrogen (secondary N) is 2. The maximum absolute atomic E-state index is 11.5. The van der Waals surface area contributed by atoms with Gasteiger partial charge < -0.3 is 15.2 Å². The number of aromatic nitrogens is 2. The molecule has 6 nitrogen and oxygen atoms in total. The van der Waals surface area contributed by atoms with E-state index in [4.69, 9.17) is 4.52 Å². The summed E-state index contributed by atoms with van der Waals surface area (Å²) in [5.74, 6) is 6.41. The van der Waals surface area contributed by atoms with Crippen molar-refractivity contribution in [3.05, 3.63) is 11.7 Å². The van der Waals surface area contributed by atoms with E-state index >= 15 is 0 Å². The molecular formula is C11H16N4O2. The lowest BCUT2D eigenvalue weighted by atomic mass is 10.2. The van der Waals surface area contributed by atoms with Crippen LogP contribution >= 0.6 is 0 Å². The predicted octanol–water partition coefficient (Wildman–Crippen LogP) is 1.15. The monoisotopic (exact) mass is 236 g/mol. The smallest absolute Gasteiger partial charge is 0.316 e. The fourth-order valence-electron chi connectivity index (χ4n) is 1.23. The van der Waals surface area contributed by atoms with E-state index in [-0.39, 0.29) is 12.1 Å². The maximum atomic E-state index is 11.5. The fraction of sp³-hybridized carbons (Fsp3) is 0.545. The molecule has 0 saturated heterocycles. The van der Waals surface area contributed by atoms with E-state index in [9.17, 15) is 4.79 Å². The van der Waals surface area contributed by atoms with Crippen LogP contribution in [0.25, 0.3) is 0 Å². The van der Waals surface area contributed by atoms with Crippen molar-refractivity contribution in [2.24, 2.45) is 0 Å². The van der Waals surface area contributed by atoms with Crippen LogP contribution in [-0.4, -0.2) is 22.7 Å². The molecule has 1 rings (SSSR count). The molecule has 0 aliphatic rings. The largest absolute Gasteiger partial charge is 0.340 e. The molecule has 0 saturated carbocycles. The Balaban J connectivity index is 2.51. The normalized spacial score (nSPS) is 11.2. The molecule has 2 N–H and O–H groups in total. The zero-order chi connectivity index (χ0) is 12.7. The molecule has 1 aromatic rings. The van der Waals surface area contributed by atoms with Gasteiger partial charge in [0.15, 0.2) is 5.82 Å². The zero-order valence-corrected chi connectivity index (χ0v) is 10.2. The Morgan fingerprint density at radius 3 is 2.88 bits per heavy atom. The van der Waals surface area contributed by atoms with Crippen molar-refractivity contribution in [2.45, 2.75) is 33.2 Å². The molecule has 1 unspecified atom stereocenters. The lowest BCUT2D eigenvalue weighted by molar-refractivity contribution is 0.237. The third-order valence-electron chi connectivity index (χ3n) is 2.08. The molecule has 0 spiro atoms. The summed E-state index contributed by atoms with van der Waals surface area (Å²) in [6.07, 6.45) is 0.686. The van der Waals surface area contributed by atoms with E-state index in [0.29, 0.717) is 24.7 Å². The van der Waals surface area contributed by atoms with Gasteiger partial charge in [0.1, 0.15) is 0 Å². The Hall–Kier alpha value is -2.03.